The van der Waals surface area contributed by atoms with Crippen LogP contribution in [0.15, 0.2) is 18.5 Å². The Hall–Kier alpha value is -1.41. The number of sulfonamides is 1. The molecule has 0 aromatic carbocycles. The van der Waals surface area contributed by atoms with Gasteiger partial charge in [0.05, 0.1) is 12.3 Å². The lowest BCUT2D eigenvalue weighted by Gasteiger charge is -2.33. The lowest BCUT2D eigenvalue weighted by atomic mass is 10.1. The summed E-state index contributed by atoms with van der Waals surface area (Å²) in [5, 5.41) is 4.22. The molecule has 1 saturated heterocycles. The molecule has 0 spiro atoms. The van der Waals surface area contributed by atoms with Gasteiger partial charge in [-0.1, -0.05) is 0 Å². The maximum atomic E-state index is 12.1. The normalized spacial score (nSPS) is 20.1. The molecule has 1 aromatic rings. The first kappa shape index (κ1) is 15.0. The molecular formula is C12H20N4O3S. The summed E-state index contributed by atoms with van der Waals surface area (Å²) in [5.41, 5.74) is 0. The van der Waals surface area contributed by atoms with Crippen LogP contribution in [0.25, 0.3) is 0 Å². The van der Waals surface area contributed by atoms with E-state index in [2.05, 4.69) is 9.82 Å². The van der Waals surface area contributed by atoms with E-state index >= 15 is 0 Å². The Kier molecular flexibility index (Phi) is 4.77. The Morgan fingerprint density at radius 2 is 2.30 bits per heavy atom. The highest BCUT2D eigenvalue weighted by Crippen LogP contribution is 2.20. The van der Waals surface area contributed by atoms with Crippen LogP contribution in [0, 0.1) is 0 Å². The summed E-state index contributed by atoms with van der Waals surface area (Å²) in [4.78, 5) is 13.9. The van der Waals surface area contributed by atoms with Gasteiger partial charge in [0.25, 0.3) is 0 Å². The molecule has 2 rings (SSSR count). The molecule has 2 heterocycles. The van der Waals surface area contributed by atoms with Gasteiger partial charge in [-0.25, -0.2) is 13.1 Å². The Morgan fingerprint density at radius 1 is 1.50 bits per heavy atom. The van der Waals surface area contributed by atoms with Gasteiger partial charge in [0, 0.05) is 38.4 Å². The molecule has 20 heavy (non-hydrogen) atoms. The lowest BCUT2D eigenvalue weighted by molar-refractivity contribution is -0.132. The molecule has 0 bridgehead atoms. The van der Waals surface area contributed by atoms with Crippen LogP contribution in [-0.4, -0.2) is 54.9 Å². The number of hydrogen-bond donors (Lipinski definition) is 1. The van der Waals surface area contributed by atoms with Crippen LogP contribution in [0.4, 0.5) is 0 Å². The van der Waals surface area contributed by atoms with Gasteiger partial charge < -0.3 is 4.90 Å². The fraction of sp³-hybridized carbons (Fsp3) is 0.667. The van der Waals surface area contributed by atoms with E-state index in [1.807, 2.05) is 16.9 Å². The Balaban J connectivity index is 1.84. The molecule has 1 aromatic heterocycles. The van der Waals surface area contributed by atoms with E-state index in [0.717, 1.165) is 25.6 Å². The minimum atomic E-state index is -3.23. The monoisotopic (exact) mass is 300 g/mol. The summed E-state index contributed by atoms with van der Waals surface area (Å²) in [7, 11) is -3.23. The van der Waals surface area contributed by atoms with Crippen molar-refractivity contribution >= 4 is 15.9 Å². The van der Waals surface area contributed by atoms with Gasteiger partial charge in [0.2, 0.25) is 15.9 Å². The summed E-state index contributed by atoms with van der Waals surface area (Å²) >= 11 is 0. The largest absolute Gasteiger partial charge is 0.341 e. The molecule has 0 unspecified atom stereocenters. The fourth-order valence-corrected chi connectivity index (χ4v) is 2.87. The molecule has 7 nitrogen and oxygen atoms in total. The van der Waals surface area contributed by atoms with E-state index in [4.69, 9.17) is 0 Å². The van der Waals surface area contributed by atoms with Crippen LogP contribution in [0.3, 0.4) is 0 Å². The molecule has 0 saturated carbocycles. The maximum absolute atomic E-state index is 12.1. The van der Waals surface area contributed by atoms with Crippen molar-refractivity contribution in [1.29, 1.82) is 0 Å². The average molecular weight is 300 g/mol. The molecule has 1 N–H and O–H groups in total. The van der Waals surface area contributed by atoms with Crippen LogP contribution in [0.5, 0.6) is 0 Å². The second kappa shape index (κ2) is 6.36. The van der Waals surface area contributed by atoms with E-state index in [1.54, 1.807) is 11.1 Å². The van der Waals surface area contributed by atoms with E-state index < -0.39 is 10.0 Å². The number of nitrogens with zero attached hydrogens (tertiary/aromatic N) is 3. The third kappa shape index (κ3) is 4.31. The van der Waals surface area contributed by atoms with Crippen LogP contribution in [-0.2, 0) is 14.8 Å². The van der Waals surface area contributed by atoms with E-state index in [-0.39, 0.29) is 24.9 Å². The SMILES string of the molecule is CS(=O)(=O)NCCC(=O)N1CCC[C@H](n2cccn2)C1. The first-order valence-electron chi connectivity index (χ1n) is 6.67. The number of rotatable bonds is 5. The number of piperidine rings is 1. The van der Waals surface area contributed by atoms with E-state index in [1.165, 1.54) is 0 Å². The van der Waals surface area contributed by atoms with Crippen molar-refractivity contribution in [3.05, 3.63) is 18.5 Å². The maximum Gasteiger partial charge on any atom is 0.223 e. The van der Waals surface area contributed by atoms with Crippen LogP contribution >= 0.6 is 0 Å². The van der Waals surface area contributed by atoms with Crippen LogP contribution in [0.2, 0.25) is 0 Å². The van der Waals surface area contributed by atoms with Crippen molar-refractivity contribution in [1.82, 2.24) is 19.4 Å². The lowest BCUT2D eigenvalue weighted by Crippen LogP contribution is -2.42. The number of carbonyl (C=O) groups is 1. The summed E-state index contributed by atoms with van der Waals surface area (Å²) in [5.74, 6) is -0.0157. The summed E-state index contributed by atoms with van der Waals surface area (Å²) < 4.78 is 26.1. The highest BCUT2D eigenvalue weighted by atomic mass is 32.2. The predicted molar refractivity (Wildman–Crippen MR) is 74.5 cm³/mol. The minimum Gasteiger partial charge on any atom is -0.341 e. The molecule has 1 aliphatic rings. The number of nitrogens with one attached hydrogen (secondary N) is 1. The Morgan fingerprint density at radius 3 is 2.95 bits per heavy atom. The minimum absolute atomic E-state index is 0.0157. The molecule has 112 valence electrons. The van der Waals surface area contributed by atoms with Crippen molar-refractivity contribution in [2.75, 3.05) is 25.9 Å². The van der Waals surface area contributed by atoms with Crippen molar-refractivity contribution in [3.8, 4) is 0 Å². The summed E-state index contributed by atoms with van der Waals surface area (Å²) in [6.07, 6.45) is 6.87. The molecule has 0 radical (unpaired) electrons. The third-order valence-electron chi connectivity index (χ3n) is 3.35. The molecule has 1 atom stereocenters. The summed E-state index contributed by atoms with van der Waals surface area (Å²) in [6.45, 7) is 1.52. The highest BCUT2D eigenvalue weighted by Gasteiger charge is 2.24. The fourth-order valence-electron chi connectivity index (χ4n) is 2.40. The number of amides is 1. The zero-order valence-corrected chi connectivity index (χ0v) is 12.3. The first-order chi connectivity index (χ1) is 9.46. The van der Waals surface area contributed by atoms with Crippen molar-refractivity contribution in [2.45, 2.75) is 25.3 Å². The summed E-state index contributed by atoms with van der Waals surface area (Å²) in [6, 6.07) is 2.09. The van der Waals surface area contributed by atoms with Crippen LogP contribution < -0.4 is 4.72 Å². The van der Waals surface area contributed by atoms with Gasteiger partial charge in [0.15, 0.2) is 0 Å². The number of likely N-dealkylation sites (tertiary alicyclic amines) is 1. The Bertz CT molecular complexity index is 541. The van der Waals surface area contributed by atoms with Gasteiger partial charge in [-0.3, -0.25) is 9.48 Å². The van der Waals surface area contributed by atoms with E-state index in [9.17, 15) is 13.2 Å². The molecule has 8 heteroatoms. The first-order valence-corrected chi connectivity index (χ1v) is 8.56. The standard InChI is InChI=1S/C12H20N4O3S/c1-20(18,19)14-7-5-12(17)15-8-2-4-11(10-15)16-9-3-6-13-16/h3,6,9,11,14H,2,4-5,7-8,10H2,1H3/t11-/m0/s1. The van der Waals surface area contributed by atoms with Gasteiger partial charge >= 0.3 is 0 Å². The molecular weight excluding hydrogens is 280 g/mol. The number of carbonyl (C=O) groups excluding carboxylic acids is 1. The van der Waals surface area contributed by atoms with Crippen molar-refractivity contribution in [3.63, 3.8) is 0 Å². The second-order valence-corrected chi connectivity index (χ2v) is 6.87. The molecule has 1 aliphatic heterocycles. The van der Waals surface area contributed by atoms with Gasteiger partial charge in [-0.05, 0) is 18.9 Å². The van der Waals surface area contributed by atoms with Gasteiger partial charge in [0.1, 0.15) is 0 Å². The number of hydrogen-bond acceptors (Lipinski definition) is 4. The van der Waals surface area contributed by atoms with Crippen molar-refractivity contribution in [2.24, 2.45) is 0 Å². The zero-order valence-electron chi connectivity index (χ0n) is 11.5. The van der Waals surface area contributed by atoms with Gasteiger partial charge in [-0.2, -0.15) is 5.10 Å². The smallest absolute Gasteiger partial charge is 0.223 e. The zero-order chi connectivity index (χ0) is 14.6. The Labute approximate surface area is 119 Å². The average Bonchev–Trinajstić information content (AvgIpc) is 2.91. The van der Waals surface area contributed by atoms with Crippen LogP contribution in [0.1, 0.15) is 25.3 Å². The van der Waals surface area contributed by atoms with Gasteiger partial charge in [-0.15, -0.1) is 0 Å². The second-order valence-electron chi connectivity index (χ2n) is 5.04. The van der Waals surface area contributed by atoms with Crippen molar-refractivity contribution < 1.29 is 13.2 Å². The molecule has 1 fully saturated rings. The molecule has 1 amide bonds. The number of aromatic nitrogens is 2. The quantitative estimate of drug-likeness (QED) is 0.828. The highest BCUT2D eigenvalue weighted by molar-refractivity contribution is 7.88. The molecule has 0 aliphatic carbocycles. The topological polar surface area (TPSA) is 84.3 Å². The van der Waals surface area contributed by atoms with E-state index in [0.29, 0.717) is 6.54 Å². The predicted octanol–water partition coefficient (Wildman–Crippen LogP) is -0.0141. The third-order valence-corrected chi connectivity index (χ3v) is 4.08.